The Labute approximate surface area is 114 Å². The Bertz CT molecular complexity index is 409. The lowest BCUT2D eigenvalue weighted by molar-refractivity contribution is -0.139. The fraction of sp³-hybridized carbons (Fsp3) is 0.600. The second kappa shape index (κ2) is 6.37. The molecule has 0 radical (unpaired) electrons. The van der Waals surface area contributed by atoms with E-state index in [0.29, 0.717) is 18.1 Å². The van der Waals surface area contributed by atoms with E-state index >= 15 is 0 Å². The molecule has 96 valence electrons. The molecular weight excluding hydrogens is 309 g/mol. The van der Waals surface area contributed by atoms with Crippen LogP contribution < -0.4 is 5.32 Å². The number of hydrogen-bond donors (Lipinski definition) is 1. The second-order valence-corrected chi connectivity index (χ2v) is 5.07. The van der Waals surface area contributed by atoms with Crippen molar-refractivity contribution in [2.75, 3.05) is 13.7 Å². The minimum atomic E-state index is -0.361. The lowest BCUT2D eigenvalue weighted by Crippen LogP contribution is -2.30. The maximum absolute atomic E-state index is 11.1. The summed E-state index contributed by atoms with van der Waals surface area (Å²) in [5.41, 5.74) is 1.70. The number of aryl methyl sites for hydroxylation is 2. The molecule has 0 aliphatic carbocycles. The minimum absolute atomic E-state index is 0.301. The summed E-state index contributed by atoms with van der Waals surface area (Å²) >= 11 is 9.32. The van der Waals surface area contributed by atoms with Gasteiger partial charge in [-0.25, -0.2) is 0 Å². The molecule has 5 nitrogen and oxygen atoms in total. The van der Waals surface area contributed by atoms with Crippen LogP contribution in [0, 0.1) is 6.92 Å². The van der Waals surface area contributed by atoms with Gasteiger partial charge in [0.15, 0.2) is 0 Å². The fourth-order valence-electron chi connectivity index (χ4n) is 1.40. The summed E-state index contributed by atoms with van der Waals surface area (Å²) in [6, 6.07) is 0. The zero-order valence-electron chi connectivity index (χ0n) is 9.96. The first-order valence-electron chi connectivity index (χ1n) is 5.08. The molecule has 0 saturated carbocycles. The van der Waals surface area contributed by atoms with Crippen LogP contribution >= 0.6 is 27.5 Å². The minimum Gasteiger partial charge on any atom is -0.468 e. The molecule has 0 fully saturated rings. The predicted octanol–water partition coefficient (Wildman–Crippen LogP) is 1.41. The van der Waals surface area contributed by atoms with Crippen molar-refractivity contribution in [2.45, 2.75) is 18.3 Å². The van der Waals surface area contributed by atoms with Gasteiger partial charge in [-0.2, -0.15) is 5.10 Å². The van der Waals surface area contributed by atoms with Gasteiger partial charge in [-0.05, 0) is 6.92 Å². The molecule has 1 aromatic rings. The third kappa shape index (κ3) is 3.69. The Morgan fingerprint density at radius 2 is 2.35 bits per heavy atom. The molecule has 1 N–H and O–H groups in total. The molecule has 1 rings (SSSR count). The lowest BCUT2D eigenvalue weighted by Gasteiger charge is -2.09. The molecule has 1 aromatic heterocycles. The quantitative estimate of drug-likeness (QED) is 0.657. The van der Waals surface area contributed by atoms with Crippen LogP contribution in [-0.2, 0) is 23.1 Å². The summed E-state index contributed by atoms with van der Waals surface area (Å²) in [4.78, 5) is 10.8. The lowest BCUT2D eigenvalue weighted by atomic mass is 10.3. The molecule has 0 saturated heterocycles. The Hall–Kier alpha value is -0.590. The highest BCUT2D eigenvalue weighted by Gasteiger charge is 2.16. The summed E-state index contributed by atoms with van der Waals surface area (Å²) in [6.45, 7) is 2.87. The van der Waals surface area contributed by atoms with Crippen molar-refractivity contribution in [3.8, 4) is 0 Å². The molecule has 0 bridgehead atoms. The number of esters is 1. The Kier molecular flexibility index (Phi) is 5.42. The normalized spacial score (nSPS) is 12.5. The Morgan fingerprint density at radius 3 is 2.82 bits per heavy atom. The predicted molar refractivity (Wildman–Crippen MR) is 69.4 cm³/mol. The van der Waals surface area contributed by atoms with E-state index in [0.717, 1.165) is 11.4 Å². The van der Waals surface area contributed by atoms with Crippen molar-refractivity contribution >= 4 is 33.5 Å². The SMILES string of the molecule is COC(=O)C(Br)CNCc1c(Cl)c(C)nn1C. The number of carbonyl (C=O) groups is 1. The van der Waals surface area contributed by atoms with Crippen LogP contribution in [0.3, 0.4) is 0 Å². The first-order valence-corrected chi connectivity index (χ1v) is 6.37. The van der Waals surface area contributed by atoms with Crippen molar-refractivity contribution in [3.63, 3.8) is 0 Å². The number of ether oxygens (including phenoxy) is 1. The van der Waals surface area contributed by atoms with E-state index in [9.17, 15) is 4.79 Å². The van der Waals surface area contributed by atoms with Crippen LogP contribution in [0.2, 0.25) is 5.02 Å². The van der Waals surface area contributed by atoms with Gasteiger partial charge in [0.2, 0.25) is 0 Å². The molecule has 0 spiro atoms. The molecule has 17 heavy (non-hydrogen) atoms. The summed E-state index contributed by atoms with van der Waals surface area (Å²) in [7, 11) is 3.19. The molecule has 0 aromatic carbocycles. The number of carbonyl (C=O) groups excluding carboxylic acids is 1. The van der Waals surface area contributed by atoms with E-state index in [1.165, 1.54) is 7.11 Å². The average Bonchev–Trinajstić information content (AvgIpc) is 2.54. The van der Waals surface area contributed by atoms with Gasteiger partial charge in [-0.15, -0.1) is 0 Å². The van der Waals surface area contributed by atoms with Crippen LogP contribution in [0.5, 0.6) is 0 Å². The van der Waals surface area contributed by atoms with Crippen LogP contribution in [-0.4, -0.2) is 34.2 Å². The molecule has 0 aliphatic heterocycles. The molecule has 0 aliphatic rings. The number of alkyl halides is 1. The van der Waals surface area contributed by atoms with E-state index in [1.54, 1.807) is 4.68 Å². The summed E-state index contributed by atoms with van der Waals surface area (Å²) < 4.78 is 6.33. The van der Waals surface area contributed by atoms with Gasteiger partial charge < -0.3 is 10.1 Å². The van der Waals surface area contributed by atoms with E-state index in [1.807, 2.05) is 14.0 Å². The number of nitrogens with one attached hydrogen (secondary N) is 1. The van der Waals surface area contributed by atoms with E-state index in [4.69, 9.17) is 11.6 Å². The van der Waals surface area contributed by atoms with Crippen LogP contribution in [0.15, 0.2) is 0 Å². The van der Waals surface area contributed by atoms with Gasteiger partial charge in [0.1, 0.15) is 4.83 Å². The highest BCUT2D eigenvalue weighted by molar-refractivity contribution is 9.10. The molecule has 0 amide bonds. The highest BCUT2D eigenvalue weighted by atomic mass is 79.9. The van der Waals surface area contributed by atoms with Crippen LogP contribution in [0.4, 0.5) is 0 Å². The third-order valence-electron chi connectivity index (χ3n) is 2.33. The van der Waals surface area contributed by atoms with Crippen molar-refractivity contribution < 1.29 is 9.53 Å². The zero-order valence-corrected chi connectivity index (χ0v) is 12.3. The van der Waals surface area contributed by atoms with Gasteiger partial charge in [-0.1, -0.05) is 27.5 Å². The molecule has 1 heterocycles. The monoisotopic (exact) mass is 323 g/mol. The highest BCUT2D eigenvalue weighted by Crippen LogP contribution is 2.18. The second-order valence-electron chi connectivity index (χ2n) is 3.59. The van der Waals surface area contributed by atoms with Crippen LogP contribution in [0.1, 0.15) is 11.4 Å². The summed E-state index contributed by atoms with van der Waals surface area (Å²) in [5, 5.41) is 7.98. The maximum Gasteiger partial charge on any atom is 0.320 e. The number of aromatic nitrogens is 2. The summed E-state index contributed by atoms with van der Waals surface area (Å²) in [6.07, 6.45) is 0. The average molecular weight is 325 g/mol. The van der Waals surface area contributed by atoms with Gasteiger partial charge in [0, 0.05) is 20.1 Å². The number of methoxy groups -OCH3 is 1. The standard InChI is InChI=1S/C10H15BrClN3O2/c1-6-9(12)8(15(2)14-6)5-13-4-7(11)10(16)17-3/h7,13H,4-5H2,1-3H3. The van der Waals surface area contributed by atoms with Crippen molar-refractivity contribution in [1.82, 2.24) is 15.1 Å². The van der Waals surface area contributed by atoms with E-state index < -0.39 is 0 Å². The maximum atomic E-state index is 11.1. The molecular formula is C10H15BrClN3O2. The van der Waals surface area contributed by atoms with Gasteiger partial charge in [0.25, 0.3) is 0 Å². The Morgan fingerprint density at radius 1 is 1.71 bits per heavy atom. The first-order chi connectivity index (χ1) is 7.97. The Balaban J connectivity index is 2.49. The fourth-order valence-corrected chi connectivity index (χ4v) is 2.04. The molecule has 7 heteroatoms. The van der Waals surface area contributed by atoms with Crippen molar-refractivity contribution in [1.29, 1.82) is 0 Å². The molecule has 1 unspecified atom stereocenters. The number of nitrogens with zero attached hydrogens (tertiary/aromatic N) is 2. The van der Waals surface area contributed by atoms with Crippen molar-refractivity contribution in [2.24, 2.45) is 7.05 Å². The van der Waals surface area contributed by atoms with E-state index in [-0.39, 0.29) is 10.8 Å². The zero-order chi connectivity index (χ0) is 13.0. The number of rotatable bonds is 5. The first kappa shape index (κ1) is 14.5. The van der Waals surface area contributed by atoms with Gasteiger partial charge in [-0.3, -0.25) is 9.48 Å². The van der Waals surface area contributed by atoms with Gasteiger partial charge >= 0.3 is 5.97 Å². The van der Waals surface area contributed by atoms with Gasteiger partial charge in [0.05, 0.1) is 23.5 Å². The van der Waals surface area contributed by atoms with Crippen LogP contribution in [0.25, 0.3) is 0 Å². The number of halogens is 2. The largest absolute Gasteiger partial charge is 0.468 e. The number of hydrogen-bond acceptors (Lipinski definition) is 4. The topological polar surface area (TPSA) is 56.1 Å². The smallest absolute Gasteiger partial charge is 0.320 e. The van der Waals surface area contributed by atoms with Crippen molar-refractivity contribution in [3.05, 3.63) is 16.4 Å². The molecule has 1 atom stereocenters. The third-order valence-corrected chi connectivity index (χ3v) is 3.52. The summed E-state index contributed by atoms with van der Waals surface area (Å²) in [5.74, 6) is -0.301. The van der Waals surface area contributed by atoms with E-state index in [2.05, 4.69) is 31.1 Å².